The molecule has 1 aromatic carbocycles. The fourth-order valence-corrected chi connectivity index (χ4v) is 6.49. The van der Waals surface area contributed by atoms with Crippen LogP contribution >= 0.6 is 0 Å². The monoisotopic (exact) mass is 339 g/mol. The summed E-state index contributed by atoms with van der Waals surface area (Å²) in [5, 5.41) is 0. The molecule has 3 fully saturated rings. The molecular weight excluding hydrogens is 310 g/mol. The summed E-state index contributed by atoms with van der Waals surface area (Å²) in [5.74, 6) is 1.30. The van der Waals surface area contributed by atoms with Gasteiger partial charge in [-0.25, -0.2) is 0 Å². The van der Waals surface area contributed by atoms with Crippen LogP contribution in [0, 0.1) is 5.92 Å². The molecule has 3 aliphatic carbocycles. The van der Waals surface area contributed by atoms with Gasteiger partial charge in [0.2, 0.25) is 0 Å². The molecule has 0 radical (unpaired) electrons. The number of nitrogens with zero attached hydrogens (tertiary/aromatic N) is 1. The molecule has 0 spiro atoms. The van der Waals surface area contributed by atoms with Crippen LogP contribution in [0.4, 0.5) is 0 Å². The van der Waals surface area contributed by atoms with E-state index >= 15 is 0 Å². The number of likely N-dealkylation sites (tertiary alicyclic amines) is 1. The van der Waals surface area contributed by atoms with Crippen molar-refractivity contribution in [3.05, 3.63) is 35.4 Å². The molecule has 134 valence electrons. The zero-order chi connectivity index (χ0) is 17.1. The van der Waals surface area contributed by atoms with E-state index in [0.717, 1.165) is 31.7 Å². The number of carbonyl (C=O) groups is 1. The minimum Gasteiger partial charge on any atom is -0.376 e. The van der Waals surface area contributed by atoms with Gasteiger partial charge in [0.25, 0.3) is 0 Å². The first-order valence-electron chi connectivity index (χ1n) is 10.1. The van der Waals surface area contributed by atoms with Crippen molar-refractivity contribution in [3.63, 3.8) is 0 Å². The first-order valence-corrected chi connectivity index (χ1v) is 10.1. The Morgan fingerprint density at radius 1 is 1.24 bits per heavy atom. The average molecular weight is 339 g/mol. The van der Waals surface area contributed by atoms with Crippen LogP contribution in [-0.2, 0) is 21.4 Å². The van der Waals surface area contributed by atoms with Crippen molar-refractivity contribution < 1.29 is 9.53 Å². The standard InChI is InChI=1S/C22H29NO2/c1-25-22-10-9-18(24)14-21(22)11-12-23(15-16-5-4-6-16)20(22)13-17-7-2-3-8-19(17)21/h2-3,7-8,16,20H,4-6,9-15H2,1H3/t20-,21-,22-/m1/s1. The Hall–Kier alpha value is -1.19. The summed E-state index contributed by atoms with van der Waals surface area (Å²) in [5.41, 5.74) is 2.57. The Kier molecular flexibility index (Phi) is 3.62. The number of ether oxygens (including phenoxy) is 1. The van der Waals surface area contributed by atoms with Gasteiger partial charge in [-0.15, -0.1) is 0 Å². The van der Waals surface area contributed by atoms with Crippen molar-refractivity contribution in [2.45, 2.75) is 68.4 Å². The number of piperidine rings is 1. The molecule has 1 saturated heterocycles. The van der Waals surface area contributed by atoms with E-state index in [2.05, 4.69) is 29.2 Å². The SMILES string of the molecule is CO[C@@]12CCC(=O)C[C@@]13CCN(CC1CCC1)[C@@H]2Cc1ccccc13. The fourth-order valence-electron chi connectivity index (χ4n) is 6.49. The number of carbonyl (C=O) groups excluding carboxylic acids is 1. The molecule has 0 aromatic heterocycles. The van der Waals surface area contributed by atoms with Crippen LogP contribution in [0.2, 0.25) is 0 Å². The number of fused-ring (bicyclic) bond motifs is 1. The van der Waals surface area contributed by atoms with Crippen molar-refractivity contribution in [1.82, 2.24) is 4.90 Å². The number of rotatable bonds is 3. The van der Waals surface area contributed by atoms with Gasteiger partial charge in [0, 0.05) is 38.0 Å². The molecule has 1 aliphatic heterocycles. The highest BCUT2D eigenvalue weighted by molar-refractivity contribution is 5.82. The zero-order valence-electron chi connectivity index (χ0n) is 15.3. The minimum atomic E-state index is -0.183. The minimum absolute atomic E-state index is 0.104. The molecule has 1 aromatic rings. The van der Waals surface area contributed by atoms with Crippen LogP contribution in [0.3, 0.4) is 0 Å². The summed E-state index contributed by atoms with van der Waals surface area (Å²) in [6.07, 6.45) is 8.58. The molecule has 2 saturated carbocycles. The van der Waals surface area contributed by atoms with Crippen molar-refractivity contribution in [3.8, 4) is 0 Å². The molecular formula is C22H29NO2. The van der Waals surface area contributed by atoms with Crippen molar-refractivity contribution in [1.29, 1.82) is 0 Å². The lowest BCUT2D eigenvalue weighted by molar-refractivity contribution is -0.189. The van der Waals surface area contributed by atoms with Gasteiger partial charge in [0.1, 0.15) is 5.78 Å². The first kappa shape index (κ1) is 16.0. The van der Waals surface area contributed by atoms with Gasteiger partial charge >= 0.3 is 0 Å². The number of Topliss-reactive ketones (excluding diaryl/α,β-unsaturated/α-hetero) is 1. The smallest absolute Gasteiger partial charge is 0.134 e. The lowest BCUT2D eigenvalue weighted by Gasteiger charge is -2.65. The van der Waals surface area contributed by atoms with Gasteiger partial charge in [0.15, 0.2) is 0 Å². The summed E-state index contributed by atoms with van der Waals surface area (Å²) in [6.45, 7) is 2.34. The lowest BCUT2D eigenvalue weighted by atomic mass is 9.49. The predicted octanol–water partition coefficient (Wildman–Crippen LogP) is 3.49. The van der Waals surface area contributed by atoms with Crippen molar-refractivity contribution in [2.75, 3.05) is 20.2 Å². The third-order valence-corrected chi connectivity index (χ3v) is 7.92. The highest BCUT2D eigenvalue weighted by Gasteiger charge is 2.65. The third kappa shape index (κ3) is 2.09. The van der Waals surface area contributed by atoms with Gasteiger partial charge in [-0.3, -0.25) is 9.69 Å². The maximum atomic E-state index is 12.5. The van der Waals surface area contributed by atoms with E-state index in [4.69, 9.17) is 4.74 Å². The van der Waals surface area contributed by atoms with Gasteiger partial charge in [-0.2, -0.15) is 0 Å². The second-order valence-corrected chi connectivity index (χ2v) is 8.81. The molecule has 3 nitrogen and oxygen atoms in total. The third-order valence-electron chi connectivity index (χ3n) is 7.92. The molecule has 1 heterocycles. The van der Waals surface area contributed by atoms with Crippen LogP contribution in [0.5, 0.6) is 0 Å². The summed E-state index contributed by atoms with van der Waals surface area (Å²) in [7, 11) is 1.90. The fraction of sp³-hybridized carbons (Fsp3) is 0.682. The van der Waals surface area contributed by atoms with Crippen molar-refractivity contribution >= 4 is 5.78 Å². The summed E-state index contributed by atoms with van der Waals surface area (Å²) < 4.78 is 6.42. The summed E-state index contributed by atoms with van der Waals surface area (Å²) in [4.78, 5) is 15.3. The van der Waals surface area contributed by atoms with E-state index in [-0.39, 0.29) is 11.0 Å². The van der Waals surface area contributed by atoms with Gasteiger partial charge in [0.05, 0.1) is 5.60 Å². The van der Waals surface area contributed by atoms with E-state index in [1.54, 1.807) is 0 Å². The number of methoxy groups -OCH3 is 1. The second kappa shape index (κ2) is 5.65. The van der Waals surface area contributed by atoms with Crippen LogP contribution in [0.1, 0.15) is 56.1 Å². The number of ketones is 1. The Labute approximate surface area is 150 Å². The molecule has 2 bridgehead atoms. The largest absolute Gasteiger partial charge is 0.376 e. The van der Waals surface area contributed by atoms with E-state index in [0.29, 0.717) is 24.7 Å². The predicted molar refractivity (Wildman–Crippen MR) is 97.7 cm³/mol. The van der Waals surface area contributed by atoms with E-state index in [9.17, 15) is 4.79 Å². The van der Waals surface area contributed by atoms with Crippen LogP contribution in [0.15, 0.2) is 24.3 Å². The number of benzene rings is 1. The molecule has 0 unspecified atom stereocenters. The van der Waals surface area contributed by atoms with Gasteiger partial charge in [-0.1, -0.05) is 30.7 Å². The highest BCUT2D eigenvalue weighted by atomic mass is 16.5. The maximum absolute atomic E-state index is 12.5. The van der Waals surface area contributed by atoms with E-state index < -0.39 is 0 Å². The Morgan fingerprint density at radius 3 is 2.84 bits per heavy atom. The van der Waals surface area contributed by atoms with Crippen LogP contribution in [0.25, 0.3) is 0 Å². The summed E-state index contributed by atoms with van der Waals surface area (Å²) in [6, 6.07) is 9.30. The topological polar surface area (TPSA) is 29.5 Å². The average Bonchev–Trinajstić information content (AvgIpc) is 2.59. The lowest BCUT2D eigenvalue weighted by Crippen LogP contribution is -2.74. The van der Waals surface area contributed by atoms with Crippen LogP contribution < -0.4 is 0 Å². The quantitative estimate of drug-likeness (QED) is 0.844. The Bertz CT molecular complexity index is 697. The zero-order valence-corrected chi connectivity index (χ0v) is 15.3. The molecule has 3 heteroatoms. The molecule has 0 N–H and O–H groups in total. The Balaban J connectivity index is 1.62. The number of hydrogen-bond acceptors (Lipinski definition) is 3. The molecule has 4 aliphatic rings. The van der Waals surface area contributed by atoms with Gasteiger partial charge < -0.3 is 4.74 Å². The maximum Gasteiger partial charge on any atom is 0.134 e. The summed E-state index contributed by atoms with van der Waals surface area (Å²) >= 11 is 0. The van der Waals surface area contributed by atoms with E-state index in [1.165, 1.54) is 36.9 Å². The van der Waals surface area contributed by atoms with Gasteiger partial charge in [-0.05, 0) is 55.7 Å². The molecule has 25 heavy (non-hydrogen) atoms. The van der Waals surface area contributed by atoms with Crippen molar-refractivity contribution in [2.24, 2.45) is 5.92 Å². The Morgan fingerprint density at radius 2 is 2.08 bits per heavy atom. The van der Waals surface area contributed by atoms with E-state index in [1.807, 2.05) is 7.11 Å². The van der Waals surface area contributed by atoms with Crippen LogP contribution in [-0.4, -0.2) is 42.5 Å². The number of hydrogen-bond donors (Lipinski definition) is 0. The normalized spacial score (nSPS) is 38.0. The molecule has 0 amide bonds. The first-order chi connectivity index (χ1) is 12.2. The molecule has 3 atom stereocenters. The highest BCUT2D eigenvalue weighted by Crippen LogP contribution is 2.59. The molecule has 5 rings (SSSR count). The second-order valence-electron chi connectivity index (χ2n) is 8.81.